The van der Waals surface area contributed by atoms with Crippen molar-refractivity contribution in [2.45, 2.75) is 4.90 Å². The second-order valence-corrected chi connectivity index (χ2v) is 10.2. The molecule has 0 radical (unpaired) electrons. The molecule has 2 saturated heterocycles. The van der Waals surface area contributed by atoms with Crippen LogP contribution < -0.4 is 4.90 Å². The van der Waals surface area contributed by atoms with Crippen molar-refractivity contribution in [3.8, 4) is 0 Å². The van der Waals surface area contributed by atoms with Gasteiger partial charge >= 0.3 is 0 Å². The van der Waals surface area contributed by atoms with Gasteiger partial charge < -0.3 is 14.9 Å². The van der Waals surface area contributed by atoms with Gasteiger partial charge in [-0.25, -0.2) is 0 Å². The molecule has 0 saturated carbocycles. The molecule has 0 aliphatic carbocycles. The van der Waals surface area contributed by atoms with E-state index in [4.69, 9.17) is 5.11 Å². The summed E-state index contributed by atoms with van der Waals surface area (Å²) in [5.41, 5.74) is 1.33. The molecule has 4 rings (SSSR count). The number of imide groups is 1. The lowest BCUT2D eigenvalue weighted by Crippen LogP contribution is -2.51. The molecule has 0 bridgehead atoms. The number of rotatable bonds is 8. The molecule has 3 amide bonds. The number of carbonyl (C=O) groups is 3. The lowest BCUT2D eigenvalue weighted by molar-refractivity contribution is -0.387. The van der Waals surface area contributed by atoms with Crippen LogP contribution in [0.3, 0.4) is 0 Å². The Bertz CT molecular complexity index is 1200. The molecule has 12 heteroatoms. The first-order chi connectivity index (χ1) is 17.4. The van der Waals surface area contributed by atoms with E-state index in [2.05, 4.69) is 4.90 Å². The zero-order valence-corrected chi connectivity index (χ0v) is 20.9. The van der Waals surface area contributed by atoms with E-state index in [0.29, 0.717) is 54.2 Å². The largest absolute Gasteiger partial charge is 0.396 e. The molecule has 0 unspecified atom stereocenters. The first-order valence-corrected chi connectivity index (χ1v) is 13.0. The summed E-state index contributed by atoms with van der Waals surface area (Å²) in [7, 11) is 0. The van der Waals surface area contributed by atoms with Crippen LogP contribution in [-0.2, 0) is 9.59 Å². The summed E-state index contributed by atoms with van der Waals surface area (Å²) in [5.74, 6) is -0.580. The van der Waals surface area contributed by atoms with E-state index in [0.717, 1.165) is 22.3 Å². The van der Waals surface area contributed by atoms with Crippen LogP contribution in [0.1, 0.15) is 5.56 Å². The van der Waals surface area contributed by atoms with E-state index in [9.17, 15) is 24.5 Å². The predicted molar refractivity (Wildman–Crippen MR) is 139 cm³/mol. The summed E-state index contributed by atoms with van der Waals surface area (Å²) >= 11 is 1.86. The topological polar surface area (TPSA) is 124 Å². The SMILES string of the molecule is O=C(CN1C(=O)SC(=Cc2ccc(SCCO)c([N+](=O)[O-])c2)C1=O)N1CCN(c2ccccc2)CC1. The zero-order valence-electron chi connectivity index (χ0n) is 19.2. The maximum Gasteiger partial charge on any atom is 0.294 e. The van der Waals surface area contributed by atoms with Crippen molar-refractivity contribution in [3.05, 3.63) is 69.1 Å². The van der Waals surface area contributed by atoms with Crippen LogP contribution >= 0.6 is 23.5 Å². The maximum atomic E-state index is 12.9. The fourth-order valence-electron chi connectivity index (χ4n) is 3.92. The van der Waals surface area contributed by atoms with Crippen molar-refractivity contribution in [2.24, 2.45) is 0 Å². The number of carbonyl (C=O) groups excluding carboxylic acids is 3. The Morgan fingerprint density at radius 3 is 2.50 bits per heavy atom. The molecule has 2 aromatic rings. The second kappa shape index (κ2) is 11.6. The molecule has 188 valence electrons. The number of hydrogen-bond acceptors (Lipinski definition) is 9. The third-order valence-electron chi connectivity index (χ3n) is 5.75. The number of hydrogen-bond donors (Lipinski definition) is 1. The van der Waals surface area contributed by atoms with Gasteiger partial charge in [-0.2, -0.15) is 0 Å². The number of nitrogens with zero attached hydrogens (tertiary/aromatic N) is 4. The smallest absolute Gasteiger partial charge is 0.294 e. The fraction of sp³-hybridized carbons (Fsp3) is 0.292. The van der Waals surface area contributed by atoms with Gasteiger partial charge in [-0.1, -0.05) is 24.3 Å². The van der Waals surface area contributed by atoms with Crippen molar-refractivity contribution in [2.75, 3.05) is 50.0 Å². The molecule has 2 aromatic carbocycles. The number of nitro benzene ring substituents is 1. The summed E-state index contributed by atoms with van der Waals surface area (Å²) in [6.07, 6.45) is 1.42. The molecular formula is C24H24N4O6S2. The standard InChI is InChI=1S/C24H24N4O6S2/c29-12-13-35-20-7-6-17(14-19(20)28(33)34)15-21-23(31)27(24(32)36-21)16-22(30)26-10-8-25(9-11-26)18-4-2-1-3-5-18/h1-7,14-15,29H,8-13,16H2. The Morgan fingerprint density at radius 1 is 1.11 bits per heavy atom. The lowest BCUT2D eigenvalue weighted by Gasteiger charge is -2.36. The number of benzene rings is 2. The highest BCUT2D eigenvalue weighted by atomic mass is 32.2. The van der Waals surface area contributed by atoms with Gasteiger partial charge in [0.2, 0.25) is 5.91 Å². The Kier molecular flexibility index (Phi) is 8.28. The highest BCUT2D eigenvalue weighted by Gasteiger charge is 2.37. The molecule has 10 nitrogen and oxygen atoms in total. The molecule has 2 aliphatic rings. The van der Waals surface area contributed by atoms with Crippen molar-refractivity contribution < 1.29 is 24.4 Å². The van der Waals surface area contributed by atoms with Crippen LogP contribution in [0, 0.1) is 10.1 Å². The van der Waals surface area contributed by atoms with Crippen molar-refractivity contribution in [1.82, 2.24) is 9.80 Å². The van der Waals surface area contributed by atoms with Gasteiger partial charge in [-0.05, 0) is 41.6 Å². The van der Waals surface area contributed by atoms with Gasteiger partial charge in [-0.3, -0.25) is 29.4 Å². The summed E-state index contributed by atoms with van der Waals surface area (Å²) < 4.78 is 0. The van der Waals surface area contributed by atoms with Gasteiger partial charge in [0.15, 0.2) is 0 Å². The Hall–Kier alpha value is -3.35. The van der Waals surface area contributed by atoms with E-state index < -0.39 is 16.1 Å². The van der Waals surface area contributed by atoms with Crippen LogP contribution in [0.5, 0.6) is 0 Å². The number of nitro groups is 1. The normalized spacial score (nSPS) is 17.2. The van der Waals surface area contributed by atoms with E-state index in [1.54, 1.807) is 17.0 Å². The quantitative estimate of drug-likeness (QED) is 0.238. The van der Waals surface area contributed by atoms with Gasteiger partial charge in [0.1, 0.15) is 6.54 Å². The average molecular weight is 529 g/mol. The number of aliphatic hydroxyl groups is 1. The van der Waals surface area contributed by atoms with Crippen molar-refractivity contribution in [3.63, 3.8) is 0 Å². The molecule has 0 aromatic heterocycles. The molecule has 2 fully saturated rings. The van der Waals surface area contributed by atoms with Gasteiger partial charge in [0.05, 0.1) is 21.3 Å². The maximum absolute atomic E-state index is 12.9. The summed E-state index contributed by atoms with van der Waals surface area (Å²) in [6, 6.07) is 14.4. The van der Waals surface area contributed by atoms with Crippen LogP contribution in [0.25, 0.3) is 6.08 Å². The zero-order chi connectivity index (χ0) is 25.7. The number of anilines is 1. The van der Waals surface area contributed by atoms with E-state index in [-0.39, 0.29) is 29.7 Å². The minimum Gasteiger partial charge on any atom is -0.396 e. The molecular weight excluding hydrogens is 504 g/mol. The Balaban J connectivity index is 1.40. The number of piperazine rings is 1. The van der Waals surface area contributed by atoms with E-state index in [1.165, 1.54) is 12.1 Å². The lowest BCUT2D eigenvalue weighted by atomic mass is 10.2. The van der Waals surface area contributed by atoms with Gasteiger partial charge in [0.25, 0.3) is 16.8 Å². The van der Waals surface area contributed by atoms with E-state index >= 15 is 0 Å². The van der Waals surface area contributed by atoms with Crippen molar-refractivity contribution in [1.29, 1.82) is 0 Å². The third kappa shape index (κ3) is 5.89. The van der Waals surface area contributed by atoms with Crippen molar-refractivity contribution >= 4 is 58.0 Å². The van der Waals surface area contributed by atoms with Crippen LogP contribution in [0.2, 0.25) is 0 Å². The van der Waals surface area contributed by atoms with E-state index in [1.807, 2.05) is 30.3 Å². The van der Waals surface area contributed by atoms with Crippen LogP contribution in [0.4, 0.5) is 16.2 Å². The predicted octanol–water partition coefficient (Wildman–Crippen LogP) is 3.06. The summed E-state index contributed by atoms with van der Waals surface area (Å²) in [6.45, 7) is 1.84. The molecule has 0 atom stereocenters. The van der Waals surface area contributed by atoms with Crippen LogP contribution in [0.15, 0.2) is 58.3 Å². The molecule has 36 heavy (non-hydrogen) atoms. The number of amides is 3. The summed E-state index contributed by atoms with van der Waals surface area (Å²) in [4.78, 5) is 54.4. The fourth-order valence-corrected chi connectivity index (χ4v) is 5.52. The highest BCUT2D eigenvalue weighted by Crippen LogP contribution is 2.35. The first kappa shape index (κ1) is 25.7. The molecule has 2 heterocycles. The number of thioether (sulfide) groups is 2. The average Bonchev–Trinajstić information content (AvgIpc) is 3.15. The molecule has 2 aliphatic heterocycles. The highest BCUT2D eigenvalue weighted by molar-refractivity contribution is 8.18. The Morgan fingerprint density at radius 2 is 1.83 bits per heavy atom. The van der Waals surface area contributed by atoms with Crippen LogP contribution in [-0.4, -0.2) is 82.0 Å². The third-order valence-corrected chi connectivity index (χ3v) is 7.70. The summed E-state index contributed by atoms with van der Waals surface area (Å²) in [5, 5.41) is 19.9. The minimum absolute atomic E-state index is 0.103. The monoisotopic (exact) mass is 528 g/mol. The number of para-hydroxylation sites is 1. The van der Waals surface area contributed by atoms with Gasteiger partial charge in [-0.15, -0.1) is 11.8 Å². The Labute approximate surface area is 216 Å². The second-order valence-electron chi connectivity index (χ2n) is 8.03. The minimum atomic E-state index is -0.595. The number of aliphatic hydroxyl groups excluding tert-OH is 1. The molecule has 1 N–H and O–H groups in total. The first-order valence-electron chi connectivity index (χ1n) is 11.2. The van der Waals surface area contributed by atoms with Gasteiger partial charge in [0, 0.05) is 43.7 Å². The molecule has 0 spiro atoms.